The Bertz CT molecular complexity index is 158. The number of nitrogens with one attached hydrogen (secondary N) is 1. The van der Waals surface area contributed by atoms with E-state index in [0.29, 0.717) is 6.04 Å². The molecule has 0 heterocycles. The lowest BCUT2D eigenvalue weighted by molar-refractivity contribution is 0.261. The monoisotopic (exact) mass is 198 g/mol. The molecule has 0 aliphatic carbocycles. The Hall–Kier alpha value is -0.340. The molecule has 14 heavy (non-hydrogen) atoms. The fraction of sp³-hybridized carbons (Fsp3) is 0.833. The van der Waals surface area contributed by atoms with Gasteiger partial charge in [0.25, 0.3) is 0 Å². The van der Waals surface area contributed by atoms with Gasteiger partial charge in [-0.25, -0.2) is 0 Å². The molecule has 0 bridgehead atoms. The molecule has 0 radical (unpaired) electrons. The Labute approximate surface area is 89.4 Å². The molecule has 0 saturated carbocycles. The number of hydrogen-bond donors (Lipinski definition) is 1. The zero-order valence-electron chi connectivity index (χ0n) is 10.4. The van der Waals surface area contributed by atoms with Crippen molar-refractivity contribution in [2.75, 3.05) is 20.1 Å². The summed E-state index contributed by atoms with van der Waals surface area (Å²) in [6, 6.07) is 0.614. The Balaban J connectivity index is 3.63. The van der Waals surface area contributed by atoms with E-state index in [4.69, 9.17) is 0 Å². The third-order valence-electron chi connectivity index (χ3n) is 2.39. The van der Waals surface area contributed by atoms with Crippen molar-refractivity contribution in [2.24, 2.45) is 0 Å². The maximum absolute atomic E-state index is 3.75. The highest BCUT2D eigenvalue weighted by Gasteiger charge is 2.11. The highest BCUT2D eigenvalue weighted by atomic mass is 15.1. The molecular weight excluding hydrogens is 172 g/mol. The van der Waals surface area contributed by atoms with E-state index in [1.807, 2.05) is 6.08 Å². The highest BCUT2D eigenvalue weighted by Crippen LogP contribution is 2.03. The summed E-state index contributed by atoms with van der Waals surface area (Å²) in [6.45, 7) is 14.6. The van der Waals surface area contributed by atoms with Gasteiger partial charge in [0.05, 0.1) is 0 Å². The summed E-state index contributed by atoms with van der Waals surface area (Å²) in [5.74, 6) is 0. The summed E-state index contributed by atoms with van der Waals surface area (Å²) in [7, 11) is 2.14. The van der Waals surface area contributed by atoms with Gasteiger partial charge < -0.3 is 10.2 Å². The zero-order chi connectivity index (χ0) is 11.2. The van der Waals surface area contributed by atoms with Crippen LogP contribution in [0.1, 0.15) is 34.1 Å². The summed E-state index contributed by atoms with van der Waals surface area (Å²) >= 11 is 0. The predicted molar refractivity (Wildman–Crippen MR) is 64.7 cm³/mol. The first-order valence-electron chi connectivity index (χ1n) is 5.43. The van der Waals surface area contributed by atoms with Crippen molar-refractivity contribution in [3.8, 4) is 0 Å². The summed E-state index contributed by atoms with van der Waals surface area (Å²) in [5, 5.41) is 3.50. The van der Waals surface area contributed by atoms with E-state index in [-0.39, 0.29) is 5.54 Å². The first-order chi connectivity index (χ1) is 6.37. The minimum absolute atomic E-state index is 0.233. The van der Waals surface area contributed by atoms with Crippen LogP contribution in [-0.2, 0) is 0 Å². The van der Waals surface area contributed by atoms with Crippen molar-refractivity contribution < 1.29 is 0 Å². The number of likely N-dealkylation sites (N-methyl/N-ethyl adjacent to an activating group) is 1. The Morgan fingerprint density at radius 3 is 2.43 bits per heavy atom. The molecular formula is C12H26N2. The van der Waals surface area contributed by atoms with Gasteiger partial charge >= 0.3 is 0 Å². The molecule has 0 aliphatic heterocycles. The van der Waals surface area contributed by atoms with Crippen LogP contribution in [0.5, 0.6) is 0 Å². The highest BCUT2D eigenvalue weighted by molar-refractivity contribution is 4.76. The predicted octanol–water partition coefficient (Wildman–Crippen LogP) is 2.27. The van der Waals surface area contributed by atoms with Crippen molar-refractivity contribution in [1.29, 1.82) is 0 Å². The molecule has 1 unspecified atom stereocenters. The summed E-state index contributed by atoms with van der Waals surface area (Å²) in [5.41, 5.74) is 0.233. The summed E-state index contributed by atoms with van der Waals surface area (Å²) in [4.78, 5) is 2.32. The largest absolute Gasteiger partial charge is 0.312 e. The summed E-state index contributed by atoms with van der Waals surface area (Å²) < 4.78 is 0. The fourth-order valence-corrected chi connectivity index (χ4v) is 1.26. The Morgan fingerprint density at radius 2 is 2.00 bits per heavy atom. The van der Waals surface area contributed by atoms with Crippen LogP contribution in [0.25, 0.3) is 0 Å². The minimum Gasteiger partial charge on any atom is -0.312 e. The SMILES string of the molecule is C=CCN(C)C(C)CCNC(C)(C)C. The van der Waals surface area contributed by atoms with Crippen LogP contribution in [0.4, 0.5) is 0 Å². The van der Waals surface area contributed by atoms with Crippen molar-refractivity contribution in [3.05, 3.63) is 12.7 Å². The van der Waals surface area contributed by atoms with Crippen LogP contribution in [0.2, 0.25) is 0 Å². The minimum atomic E-state index is 0.233. The molecule has 0 rings (SSSR count). The molecule has 1 N–H and O–H groups in total. The second kappa shape index (κ2) is 6.20. The number of nitrogens with zero attached hydrogens (tertiary/aromatic N) is 1. The Kier molecular flexibility index (Phi) is 6.05. The smallest absolute Gasteiger partial charge is 0.0160 e. The van der Waals surface area contributed by atoms with E-state index in [1.165, 1.54) is 6.42 Å². The van der Waals surface area contributed by atoms with Gasteiger partial charge in [-0.1, -0.05) is 6.08 Å². The lowest BCUT2D eigenvalue weighted by Gasteiger charge is -2.26. The van der Waals surface area contributed by atoms with Gasteiger partial charge in [0.2, 0.25) is 0 Å². The molecule has 0 amide bonds. The fourth-order valence-electron chi connectivity index (χ4n) is 1.26. The van der Waals surface area contributed by atoms with Gasteiger partial charge in [0.1, 0.15) is 0 Å². The van der Waals surface area contributed by atoms with Crippen LogP contribution in [0.3, 0.4) is 0 Å². The van der Waals surface area contributed by atoms with E-state index < -0.39 is 0 Å². The zero-order valence-corrected chi connectivity index (χ0v) is 10.4. The third-order valence-corrected chi connectivity index (χ3v) is 2.39. The molecule has 84 valence electrons. The average molecular weight is 198 g/mol. The van der Waals surface area contributed by atoms with Crippen LogP contribution < -0.4 is 5.32 Å². The molecule has 0 aromatic rings. The number of hydrogen-bond acceptors (Lipinski definition) is 2. The van der Waals surface area contributed by atoms with Gasteiger partial charge in [-0.2, -0.15) is 0 Å². The molecule has 0 aromatic heterocycles. The maximum atomic E-state index is 3.75. The van der Waals surface area contributed by atoms with Gasteiger partial charge in [-0.15, -0.1) is 6.58 Å². The molecule has 0 aromatic carbocycles. The lowest BCUT2D eigenvalue weighted by Crippen LogP contribution is -2.39. The van der Waals surface area contributed by atoms with Crippen molar-refractivity contribution in [2.45, 2.75) is 45.7 Å². The van der Waals surface area contributed by atoms with Crippen molar-refractivity contribution >= 4 is 0 Å². The van der Waals surface area contributed by atoms with E-state index in [0.717, 1.165) is 13.1 Å². The molecule has 0 aliphatic rings. The average Bonchev–Trinajstić information content (AvgIpc) is 2.02. The molecule has 0 saturated heterocycles. The van der Waals surface area contributed by atoms with E-state index in [9.17, 15) is 0 Å². The lowest BCUT2D eigenvalue weighted by atomic mass is 10.1. The second-order valence-corrected chi connectivity index (χ2v) is 5.04. The maximum Gasteiger partial charge on any atom is 0.0160 e. The summed E-state index contributed by atoms with van der Waals surface area (Å²) in [6.07, 6.45) is 3.13. The van der Waals surface area contributed by atoms with E-state index >= 15 is 0 Å². The molecule has 0 spiro atoms. The quantitative estimate of drug-likeness (QED) is 0.659. The Morgan fingerprint density at radius 1 is 1.43 bits per heavy atom. The standard InChI is InChI=1S/C12H26N2/c1-7-10-14(6)11(2)8-9-13-12(3,4)5/h7,11,13H,1,8-10H2,2-6H3. The van der Waals surface area contributed by atoms with Crippen LogP contribution in [-0.4, -0.2) is 36.6 Å². The van der Waals surface area contributed by atoms with Crippen LogP contribution in [0, 0.1) is 0 Å². The third kappa shape index (κ3) is 7.10. The van der Waals surface area contributed by atoms with Crippen molar-refractivity contribution in [3.63, 3.8) is 0 Å². The van der Waals surface area contributed by atoms with Crippen molar-refractivity contribution in [1.82, 2.24) is 10.2 Å². The normalized spacial score (nSPS) is 14.4. The van der Waals surface area contributed by atoms with Gasteiger partial charge in [-0.05, 0) is 47.7 Å². The number of rotatable bonds is 6. The molecule has 0 fully saturated rings. The van der Waals surface area contributed by atoms with E-state index in [2.05, 4.69) is 51.5 Å². The molecule has 1 atom stereocenters. The van der Waals surface area contributed by atoms with Gasteiger partial charge in [0, 0.05) is 18.1 Å². The van der Waals surface area contributed by atoms with Crippen LogP contribution in [0.15, 0.2) is 12.7 Å². The van der Waals surface area contributed by atoms with Gasteiger partial charge in [-0.3, -0.25) is 0 Å². The van der Waals surface area contributed by atoms with E-state index in [1.54, 1.807) is 0 Å². The van der Waals surface area contributed by atoms with Gasteiger partial charge in [0.15, 0.2) is 0 Å². The first-order valence-corrected chi connectivity index (χ1v) is 5.43. The van der Waals surface area contributed by atoms with Crippen LogP contribution >= 0.6 is 0 Å². The second-order valence-electron chi connectivity index (χ2n) is 5.04. The first kappa shape index (κ1) is 13.7. The molecule has 2 nitrogen and oxygen atoms in total. The molecule has 2 heteroatoms. The topological polar surface area (TPSA) is 15.3 Å².